The smallest absolute Gasteiger partial charge is 0.223 e. The maximum absolute atomic E-state index is 12.9. The third-order valence-corrected chi connectivity index (χ3v) is 5.36. The first-order chi connectivity index (χ1) is 12.8. The van der Waals surface area contributed by atoms with Crippen molar-refractivity contribution in [3.05, 3.63) is 65.9 Å². The SMILES string of the molecule is COc1ccc(C2CCCN2C(=O)CCc2c[nH]c3ccccc23)cc1. The molecule has 0 aliphatic carbocycles. The molecule has 1 amide bonds. The number of hydrogen-bond donors (Lipinski definition) is 1. The average molecular weight is 348 g/mol. The molecule has 2 aromatic carbocycles. The fourth-order valence-corrected chi connectivity index (χ4v) is 3.96. The quantitative estimate of drug-likeness (QED) is 0.739. The average Bonchev–Trinajstić information content (AvgIpc) is 3.33. The van der Waals surface area contributed by atoms with Crippen LogP contribution in [0.25, 0.3) is 10.9 Å². The lowest BCUT2D eigenvalue weighted by Gasteiger charge is -2.25. The zero-order valence-corrected chi connectivity index (χ0v) is 15.1. The molecule has 1 atom stereocenters. The second-order valence-corrected chi connectivity index (χ2v) is 6.88. The number of nitrogens with one attached hydrogen (secondary N) is 1. The summed E-state index contributed by atoms with van der Waals surface area (Å²) in [6, 6.07) is 16.5. The number of hydrogen-bond acceptors (Lipinski definition) is 2. The van der Waals surface area contributed by atoms with Gasteiger partial charge in [0, 0.05) is 30.1 Å². The van der Waals surface area contributed by atoms with Crippen LogP contribution in [-0.4, -0.2) is 29.4 Å². The molecule has 0 saturated carbocycles. The van der Waals surface area contributed by atoms with E-state index in [0.717, 1.165) is 37.1 Å². The van der Waals surface area contributed by atoms with Gasteiger partial charge in [-0.05, 0) is 48.6 Å². The molecule has 4 nitrogen and oxygen atoms in total. The topological polar surface area (TPSA) is 45.3 Å². The van der Waals surface area contributed by atoms with E-state index in [0.29, 0.717) is 6.42 Å². The molecule has 2 heterocycles. The predicted octanol–water partition coefficient (Wildman–Crippen LogP) is 4.47. The molecule has 1 N–H and O–H groups in total. The molecule has 134 valence electrons. The molecule has 26 heavy (non-hydrogen) atoms. The lowest BCUT2D eigenvalue weighted by molar-refractivity contribution is -0.132. The van der Waals surface area contributed by atoms with Crippen molar-refractivity contribution in [3.8, 4) is 5.75 Å². The molecule has 1 aromatic heterocycles. The number of aromatic amines is 1. The van der Waals surface area contributed by atoms with Crippen molar-refractivity contribution in [2.24, 2.45) is 0 Å². The van der Waals surface area contributed by atoms with Gasteiger partial charge in [-0.15, -0.1) is 0 Å². The zero-order chi connectivity index (χ0) is 17.9. The van der Waals surface area contributed by atoms with Crippen LogP contribution in [0.15, 0.2) is 54.7 Å². The van der Waals surface area contributed by atoms with Crippen molar-refractivity contribution in [2.75, 3.05) is 13.7 Å². The molecule has 1 saturated heterocycles. The lowest BCUT2D eigenvalue weighted by Crippen LogP contribution is -2.30. The van der Waals surface area contributed by atoms with E-state index < -0.39 is 0 Å². The summed E-state index contributed by atoms with van der Waals surface area (Å²) >= 11 is 0. The Morgan fingerprint density at radius 1 is 1.19 bits per heavy atom. The number of para-hydroxylation sites is 1. The summed E-state index contributed by atoms with van der Waals surface area (Å²) in [6.45, 7) is 0.851. The number of fused-ring (bicyclic) bond motifs is 1. The van der Waals surface area contributed by atoms with Gasteiger partial charge in [0.2, 0.25) is 5.91 Å². The number of nitrogens with zero attached hydrogens (tertiary/aromatic N) is 1. The Kier molecular flexibility index (Phi) is 4.65. The summed E-state index contributed by atoms with van der Waals surface area (Å²) in [6.07, 6.45) is 5.45. The number of aryl methyl sites for hydroxylation is 1. The van der Waals surface area contributed by atoms with Crippen LogP contribution in [0.1, 0.15) is 36.4 Å². The molecule has 4 heteroatoms. The molecule has 0 bridgehead atoms. The van der Waals surface area contributed by atoms with Crippen molar-refractivity contribution in [3.63, 3.8) is 0 Å². The van der Waals surface area contributed by atoms with Crippen LogP contribution in [0.2, 0.25) is 0 Å². The Labute approximate surface area is 153 Å². The number of aromatic nitrogens is 1. The van der Waals surface area contributed by atoms with E-state index in [1.165, 1.54) is 16.5 Å². The number of ether oxygens (including phenoxy) is 1. The first-order valence-electron chi connectivity index (χ1n) is 9.24. The first-order valence-corrected chi connectivity index (χ1v) is 9.24. The van der Waals surface area contributed by atoms with E-state index >= 15 is 0 Å². The van der Waals surface area contributed by atoms with Crippen molar-refractivity contribution in [1.82, 2.24) is 9.88 Å². The summed E-state index contributed by atoms with van der Waals surface area (Å²) in [4.78, 5) is 18.2. The van der Waals surface area contributed by atoms with Crippen molar-refractivity contribution < 1.29 is 9.53 Å². The third-order valence-electron chi connectivity index (χ3n) is 5.36. The highest BCUT2D eigenvalue weighted by Crippen LogP contribution is 2.33. The normalized spacial score (nSPS) is 17.0. The number of benzene rings is 2. The number of carbonyl (C=O) groups is 1. The Balaban J connectivity index is 1.44. The summed E-state index contributed by atoms with van der Waals surface area (Å²) < 4.78 is 5.24. The third kappa shape index (κ3) is 3.19. The van der Waals surface area contributed by atoms with Crippen LogP contribution in [0.4, 0.5) is 0 Å². The van der Waals surface area contributed by atoms with Gasteiger partial charge < -0.3 is 14.6 Å². The highest BCUT2D eigenvalue weighted by Gasteiger charge is 2.29. The van der Waals surface area contributed by atoms with Crippen LogP contribution in [0.5, 0.6) is 5.75 Å². The number of carbonyl (C=O) groups excluding carboxylic acids is 1. The van der Waals surface area contributed by atoms with E-state index in [2.05, 4.69) is 34.1 Å². The number of methoxy groups -OCH3 is 1. The van der Waals surface area contributed by atoms with Gasteiger partial charge in [-0.25, -0.2) is 0 Å². The Bertz CT molecular complexity index is 898. The standard InChI is InChI=1S/C22H24N2O2/c1-26-18-11-8-16(9-12-18)21-7-4-14-24(21)22(25)13-10-17-15-23-20-6-3-2-5-19(17)20/h2-3,5-6,8-9,11-12,15,21,23H,4,7,10,13-14H2,1H3. The molecule has 3 aromatic rings. The first kappa shape index (κ1) is 16.7. The molecular weight excluding hydrogens is 324 g/mol. The minimum absolute atomic E-state index is 0.191. The molecule has 4 rings (SSSR count). The van der Waals surface area contributed by atoms with Gasteiger partial charge in [0.05, 0.1) is 13.2 Å². The molecule has 0 spiro atoms. The van der Waals surface area contributed by atoms with Gasteiger partial charge in [0.25, 0.3) is 0 Å². The largest absolute Gasteiger partial charge is 0.497 e. The minimum atomic E-state index is 0.191. The van der Waals surface area contributed by atoms with Gasteiger partial charge in [-0.1, -0.05) is 30.3 Å². The fourth-order valence-electron chi connectivity index (χ4n) is 3.96. The van der Waals surface area contributed by atoms with E-state index in [4.69, 9.17) is 4.74 Å². The van der Waals surface area contributed by atoms with Crippen LogP contribution >= 0.6 is 0 Å². The molecule has 0 radical (unpaired) electrons. The Morgan fingerprint density at radius 3 is 2.81 bits per heavy atom. The van der Waals surface area contributed by atoms with E-state index in [1.807, 2.05) is 30.5 Å². The minimum Gasteiger partial charge on any atom is -0.497 e. The van der Waals surface area contributed by atoms with Crippen molar-refractivity contribution >= 4 is 16.8 Å². The lowest BCUT2D eigenvalue weighted by atomic mass is 10.0. The molecule has 1 aliphatic rings. The van der Waals surface area contributed by atoms with Gasteiger partial charge in [0.15, 0.2) is 0 Å². The number of H-pyrrole nitrogens is 1. The number of likely N-dealkylation sites (tertiary alicyclic amines) is 1. The number of rotatable bonds is 5. The Hall–Kier alpha value is -2.75. The molecule has 1 fully saturated rings. The monoisotopic (exact) mass is 348 g/mol. The van der Waals surface area contributed by atoms with Crippen LogP contribution in [0, 0.1) is 0 Å². The summed E-state index contributed by atoms with van der Waals surface area (Å²) in [5, 5.41) is 1.22. The second kappa shape index (κ2) is 7.24. The van der Waals surface area contributed by atoms with Gasteiger partial charge in [0.1, 0.15) is 5.75 Å². The van der Waals surface area contributed by atoms with Gasteiger partial charge in [-0.3, -0.25) is 4.79 Å². The fraction of sp³-hybridized carbons (Fsp3) is 0.318. The van der Waals surface area contributed by atoms with Crippen molar-refractivity contribution in [2.45, 2.75) is 31.7 Å². The summed E-state index contributed by atoms with van der Waals surface area (Å²) in [5.41, 5.74) is 3.55. The van der Waals surface area contributed by atoms with Crippen LogP contribution in [-0.2, 0) is 11.2 Å². The molecular formula is C22H24N2O2. The van der Waals surface area contributed by atoms with Crippen LogP contribution < -0.4 is 4.74 Å². The maximum atomic E-state index is 12.9. The number of amides is 1. The summed E-state index contributed by atoms with van der Waals surface area (Å²) in [7, 11) is 1.67. The maximum Gasteiger partial charge on any atom is 0.223 e. The predicted molar refractivity (Wildman–Crippen MR) is 103 cm³/mol. The molecule has 1 unspecified atom stereocenters. The molecule has 1 aliphatic heterocycles. The van der Waals surface area contributed by atoms with E-state index in [-0.39, 0.29) is 11.9 Å². The van der Waals surface area contributed by atoms with Crippen LogP contribution in [0.3, 0.4) is 0 Å². The van der Waals surface area contributed by atoms with Crippen molar-refractivity contribution in [1.29, 1.82) is 0 Å². The Morgan fingerprint density at radius 2 is 2.00 bits per heavy atom. The van der Waals surface area contributed by atoms with Gasteiger partial charge in [-0.2, -0.15) is 0 Å². The highest BCUT2D eigenvalue weighted by molar-refractivity contribution is 5.84. The highest BCUT2D eigenvalue weighted by atomic mass is 16.5. The summed E-state index contributed by atoms with van der Waals surface area (Å²) in [5.74, 6) is 1.09. The zero-order valence-electron chi connectivity index (χ0n) is 15.1. The van der Waals surface area contributed by atoms with Gasteiger partial charge >= 0.3 is 0 Å². The second-order valence-electron chi connectivity index (χ2n) is 6.88. The van der Waals surface area contributed by atoms with E-state index in [1.54, 1.807) is 7.11 Å². The van der Waals surface area contributed by atoms with E-state index in [9.17, 15) is 4.79 Å².